The summed E-state index contributed by atoms with van der Waals surface area (Å²) in [5.41, 5.74) is 2.23. The summed E-state index contributed by atoms with van der Waals surface area (Å²) in [4.78, 5) is 6.88. The number of aromatic nitrogens is 1. The first-order valence-electron chi connectivity index (χ1n) is 6.40. The van der Waals surface area contributed by atoms with Crippen LogP contribution in [-0.4, -0.2) is 35.6 Å². The first-order chi connectivity index (χ1) is 8.04. The second-order valence-corrected chi connectivity index (χ2v) is 4.77. The van der Waals surface area contributed by atoms with E-state index < -0.39 is 0 Å². The second kappa shape index (κ2) is 6.72. The first-order valence-corrected chi connectivity index (χ1v) is 6.40. The topological polar surface area (TPSA) is 28.2 Å². The van der Waals surface area contributed by atoms with E-state index in [0.29, 0.717) is 12.1 Å². The predicted molar refractivity (Wildman–Crippen MR) is 73.0 cm³/mol. The molecule has 1 heterocycles. The average Bonchev–Trinajstić information content (AvgIpc) is 2.28. The van der Waals surface area contributed by atoms with Gasteiger partial charge in [-0.3, -0.25) is 9.88 Å². The minimum atomic E-state index is 0.495. The largest absolute Gasteiger partial charge is 0.313 e. The lowest BCUT2D eigenvalue weighted by atomic mass is 10.1. The van der Waals surface area contributed by atoms with Crippen molar-refractivity contribution in [2.45, 2.75) is 46.3 Å². The molecule has 0 aromatic carbocycles. The second-order valence-electron chi connectivity index (χ2n) is 4.77. The monoisotopic (exact) mass is 235 g/mol. The molecule has 0 aliphatic carbocycles. The lowest BCUT2D eigenvalue weighted by Crippen LogP contribution is -2.44. The van der Waals surface area contributed by atoms with Gasteiger partial charge in [0.2, 0.25) is 0 Å². The Morgan fingerprint density at radius 1 is 1.35 bits per heavy atom. The van der Waals surface area contributed by atoms with Gasteiger partial charge >= 0.3 is 0 Å². The highest BCUT2D eigenvalue weighted by Crippen LogP contribution is 2.07. The molecule has 2 unspecified atom stereocenters. The maximum atomic E-state index is 4.54. The molecular weight excluding hydrogens is 210 g/mol. The normalized spacial score (nSPS) is 14.9. The first kappa shape index (κ1) is 14.1. The van der Waals surface area contributed by atoms with E-state index in [0.717, 1.165) is 24.5 Å². The van der Waals surface area contributed by atoms with Crippen LogP contribution in [0.25, 0.3) is 0 Å². The van der Waals surface area contributed by atoms with E-state index in [9.17, 15) is 0 Å². The van der Waals surface area contributed by atoms with Gasteiger partial charge in [-0.15, -0.1) is 0 Å². The maximum absolute atomic E-state index is 4.54. The third-order valence-corrected chi connectivity index (χ3v) is 3.30. The van der Waals surface area contributed by atoms with Crippen molar-refractivity contribution in [3.63, 3.8) is 0 Å². The van der Waals surface area contributed by atoms with Crippen LogP contribution in [0, 0.1) is 6.92 Å². The maximum Gasteiger partial charge on any atom is 0.0547 e. The standard InChI is InChI=1S/C14H25N3/c1-6-15-12(3)13(4)17(5)10-14-9-7-8-11(2)16-14/h7-9,12-13,15H,6,10H2,1-5H3. The molecule has 0 radical (unpaired) electrons. The Bertz CT molecular complexity index is 338. The quantitative estimate of drug-likeness (QED) is 0.819. The zero-order chi connectivity index (χ0) is 12.8. The number of pyridine rings is 1. The number of likely N-dealkylation sites (N-methyl/N-ethyl adjacent to an activating group) is 2. The predicted octanol–water partition coefficient (Wildman–Crippen LogP) is 2.21. The summed E-state index contributed by atoms with van der Waals surface area (Å²) in [5.74, 6) is 0. The van der Waals surface area contributed by atoms with Gasteiger partial charge in [-0.2, -0.15) is 0 Å². The summed E-state index contributed by atoms with van der Waals surface area (Å²) in [6.07, 6.45) is 0. The van der Waals surface area contributed by atoms with Crippen LogP contribution in [0.15, 0.2) is 18.2 Å². The summed E-state index contributed by atoms with van der Waals surface area (Å²) < 4.78 is 0. The molecule has 0 saturated heterocycles. The Kier molecular flexibility index (Phi) is 5.59. The van der Waals surface area contributed by atoms with Crippen molar-refractivity contribution >= 4 is 0 Å². The van der Waals surface area contributed by atoms with Crippen LogP contribution in [0.5, 0.6) is 0 Å². The van der Waals surface area contributed by atoms with Crippen molar-refractivity contribution in [2.24, 2.45) is 0 Å². The van der Waals surface area contributed by atoms with Crippen molar-refractivity contribution in [3.8, 4) is 0 Å². The molecule has 0 amide bonds. The highest BCUT2D eigenvalue weighted by atomic mass is 15.2. The van der Waals surface area contributed by atoms with E-state index in [1.165, 1.54) is 0 Å². The number of aryl methyl sites for hydroxylation is 1. The average molecular weight is 235 g/mol. The summed E-state index contributed by atoms with van der Waals surface area (Å²) in [6, 6.07) is 7.19. The molecule has 1 aromatic rings. The van der Waals surface area contributed by atoms with Crippen LogP contribution < -0.4 is 5.32 Å². The number of hydrogen-bond donors (Lipinski definition) is 1. The molecule has 1 N–H and O–H groups in total. The third kappa shape index (κ3) is 4.44. The lowest BCUT2D eigenvalue weighted by molar-refractivity contribution is 0.205. The number of hydrogen-bond acceptors (Lipinski definition) is 3. The Labute approximate surface area is 105 Å². The van der Waals surface area contributed by atoms with E-state index in [4.69, 9.17) is 0 Å². The van der Waals surface area contributed by atoms with Gasteiger partial charge in [-0.05, 0) is 46.5 Å². The minimum absolute atomic E-state index is 0.495. The fourth-order valence-corrected chi connectivity index (χ4v) is 1.96. The van der Waals surface area contributed by atoms with Gasteiger partial charge in [0.05, 0.1) is 5.69 Å². The van der Waals surface area contributed by atoms with Crippen LogP contribution in [0.2, 0.25) is 0 Å². The molecule has 0 spiro atoms. The lowest BCUT2D eigenvalue weighted by Gasteiger charge is -2.30. The fourth-order valence-electron chi connectivity index (χ4n) is 1.96. The summed E-state index contributed by atoms with van der Waals surface area (Å²) in [6.45, 7) is 10.6. The van der Waals surface area contributed by atoms with Crippen molar-refractivity contribution in [3.05, 3.63) is 29.6 Å². The molecule has 0 aliphatic heterocycles. The summed E-state index contributed by atoms with van der Waals surface area (Å²) in [5, 5.41) is 3.46. The van der Waals surface area contributed by atoms with Crippen molar-refractivity contribution in [2.75, 3.05) is 13.6 Å². The molecule has 1 aromatic heterocycles. The van der Waals surface area contributed by atoms with Gasteiger partial charge < -0.3 is 5.32 Å². The molecule has 1 rings (SSSR count). The van der Waals surface area contributed by atoms with Gasteiger partial charge in [0.1, 0.15) is 0 Å². The molecule has 17 heavy (non-hydrogen) atoms. The van der Waals surface area contributed by atoms with E-state index in [1.807, 2.05) is 13.0 Å². The molecule has 2 atom stereocenters. The van der Waals surface area contributed by atoms with E-state index in [-0.39, 0.29) is 0 Å². The van der Waals surface area contributed by atoms with E-state index in [2.05, 4.69) is 55.2 Å². The third-order valence-electron chi connectivity index (χ3n) is 3.30. The molecule has 0 bridgehead atoms. The van der Waals surface area contributed by atoms with Gasteiger partial charge in [-0.1, -0.05) is 13.0 Å². The zero-order valence-corrected chi connectivity index (χ0v) is 11.7. The van der Waals surface area contributed by atoms with Crippen LogP contribution >= 0.6 is 0 Å². The molecular formula is C14H25N3. The molecule has 3 heteroatoms. The highest BCUT2D eigenvalue weighted by molar-refractivity contribution is 5.09. The molecule has 3 nitrogen and oxygen atoms in total. The number of nitrogens with zero attached hydrogens (tertiary/aromatic N) is 2. The van der Waals surface area contributed by atoms with Crippen LogP contribution in [0.4, 0.5) is 0 Å². The van der Waals surface area contributed by atoms with Crippen molar-refractivity contribution < 1.29 is 0 Å². The van der Waals surface area contributed by atoms with Crippen LogP contribution in [0.3, 0.4) is 0 Å². The molecule has 96 valence electrons. The van der Waals surface area contributed by atoms with Crippen molar-refractivity contribution in [1.82, 2.24) is 15.2 Å². The minimum Gasteiger partial charge on any atom is -0.313 e. The van der Waals surface area contributed by atoms with Gasteiger partial charge in [0.25, 0.3) is 0 Å². The zero-order valence-electron chi connectivity index (χ0n) is 11.7. The molecule has 0 saturated carbocycles. The molecule has 0 fully saturated rings. The van der Waals surface area contributed by atoms with Gasteiger partial charge in [-0.25, -0.2) is 0 Å². The van der Waals surface area contributed by atoms with Crippen LogP contribution in [0.1, 0.15) is 32.2 Å². The number of rotatable bonds is 6. The Morgan fingerprint density at radius 3 is 2.65 bits per heavy atom. The smallest absolute Gasteiger partial charge is 0.0547 e. The highest BCUT2D eigenvalue weighted by Gasteiger charge is 2.16. The van der Waals surface area contributed by atoms with Gasteiger partial charge in [0.15, 0.2) is 0 Å². The summed E-state index contributed by atoms with van der Waals surface area (Å²) in [7, 11) is 2.16. The van der Waals surface area contributed by atoms with Crippen molar-refractivity contribution in [1.29, 1.82) is 0 Å². The van der Waals surface area contributed by atoms with E-state index >= 15 is 0 Å². The summed E-state index contributed by atoms with van der Waals surface area (Å²) >= 11 is 0. The SMILES string of the molecule is CCNC(C)C(C)N(C)Cc1cccc(C)n1. The Balaban J connectivity index is 2.56. The van der Waals surface area contributed by atoms with E-state index in [1.54, 1.807) is 0 Å². The molecule has 0 aliphatic rings. The fraction of sp³-hybridized carbons (Fsp3) is 0.643. The van der Waals surface area contributed by atoms with Gasteiger partial charge in [0, 0.05) is 24.3 Å². The van der Waals surface area contributed by atoms with Crippen LogP contribution in [-0.2, 0) is 6.54 Å². The number of nitrogens with one attached hydrogen (secondary N) is 1. The Morgan fingerprint density at radius 2 is 2.06 bits per heavy atom. The Hall–Kier alpha value is -0.930.